The van der Waals surface area contributed by atoms with E-state index in [1.807, 2.05) is 0 Å². The summed E-state index contributed by atoms with van der Waals surface area (Å²) >= 11 is 0. The molecule has 0 heterocycles. The lowest BCUT2D eigenvalue weighted by Crippen LogP contribution is -2.16. The van der Waals surface area contributed by atoms with E-state index in [0.717, 1.165) is 0 Å². The zero-order valence-corrected chi connectivity index (χ0v) is 12.0. The van der Waals surface area contributed by atoms with Crippen LogP contribution in [-0.2, 0) is 9.84 Å². The van der Waals surface area contributed by atoms with Gasteiger partial charge in [0.25, 0.3) is 0 Å². The normalized spacial score (nSPS) is 13.3. The number of halogens is 1. The van der Waals surface area contributed by atoms with Crippen LogP contribution in [0.4, 0.5) is 4.39 Å². The molecule has 2 N–H and O–H groups in total. The SMILES string of the molecule is CCCS(=O)(=O)CCOc1ccc([C@H](C)N)c(F)c1. The quantitative estimate of drug-likeness (QED) is 0.834. The van der Waals surface area contributed by atoms with Crippen molar-refractivity contribution < 1.29 is 17.5 Å². The van der Waals surface area contributed by atoms with Crippen molar-refractivity contribution in [1.82, 2.24) is 0 Å². The Bertz CT molecular complexity index is 515. The van der Waals surface area contributed by atoms with E-state index in [2.05, 4.69) is 0 Å². The molecule has 0 spiro atoms. The molecule has 0 aliphatic heterocycles. The smallest absolute Gasteiger partial charge is 0.153 e. The summed E-state index contributed by atoms with van der Waals surface area (Å²) < 4.78 is 41.8. The second-order valence-electron chi connectivity index (χ2n) is 4.47. The lowest BCUT2D eigenvalue weighted by Gasteiger charge is -2.10. The Labute approximate surface area is 113 Å². The number of ether oxygens (including phenoxy) is 1. The molecule has 0 unspecified atom stereocenters. The van der Waals surface area contributed by atoms with E-state index in [-0.39, 0.29) is 24.2 Å². The highest BCUT2D eigenvalue weighted by Gasteiger charge is 2.11. The molecule has 1 rings (SSSR count). The summed E-state index contributed by atoms with van der Waals surface area (Å²) in [6, 6.07) is 3.98. The maximum atomic E-state index is 13.6. The molecular formula is C13H20FNO3S. The minimum atomic E-state index is -3.07. The predicted octanol–water partition coefficient (Wildman–Crippen LogP) is 2.05. The Morgan fingerprint density at radius 1 is 1.37 bits per heavy atom. The van der Waals surface area contributed by atoms with E-state index in [9.17, 15) is 12.8 Å². The molecule has 0 saturated carbocycles. The first-order valence-electron chi connectivity index (χ1n) is 6.24. The van der Waals surface area contributed by atoms with Crippen molar-refractivity contribution in [2.45, 2.75) is 26.3 Å². The van der Waals surface area contributed by atoms with Crippen LogP contribution in [-0.4, -0.2) is 26.5 Å². The molecule has 0 radical (unpaired) electrons. The van der Waals surface area contributed by atoms with E-state index in [1.54, 1.807) is 26.0 Å². The van der Waals surface area contributed by atoms with Gasteiger partial charge in [-0.2, -0.15) is 0 Å². The third-order valence-electron chi connectivity index (χ3n) is 2.64. The fourth-order valence-corrected chi connectivity index (χ4v) is 2.83. The van der Waals surface area contributed by atoms with Gasteiger partial charge in [0, 0.05) is 17.7 Å². The van der Waals surface area contributed by atoms with Gasteiger partial charge in [-0.05, 0) is 19.4 Å². The highest BCUT2D eigenvalue weighted by Crippen LogP contribution is 2.20. The van der Waals surface area contributed by atoms with Crippen LogP contribution in [0.15, 0.2) is 18.2 Å². The predicted molar refractivity (Wildman–Crippen MR) is 73.4 cm³/mol. The molecule has 0 bridgehead atoms. The molecule has 0 aliphatic rings. The van der Waals surface area contributed by atoms with E-state index in [4.69, 9.17) is 10.5 Å². The molecule has 6 heteroatoms. The monoisotopic (exact) mass is 289 g/mol. The van der Waals surface area contributed by atoms with Crippen molar-refractivity contribution in [1.29, 1.82) is 0 Å². The molecule has 108 valence electrons. The topological polar surface area (TPSA) is 69.4 Å². The molecule has 1 aromatic carbocycles. The molecular weight excluding hydrogens is 269 g/mol. The number of nitrogens with two attached hydrogens (primary N) is 1. The maximum Gasteiger partial charge on any atom is 0.153 e. The van der Waals surface area contributed by atoms with Crippen LogP contribution in [0.2, 0.25) is 0 Å². The summed E-state index contributed by atoms with van der Waals surface area (Å²) in [5.74, 6) is -0.0382. The molecule has 0 fully saturated rings. The minimum absolute atomic E-state index is 0.0271. The number of benzene rings is 1. The van der Waals surface area contributed by atoms with Crippen molar-refractivity contribution in [3.63, 3.8) is 0 Å². The van der Waals surface area contributed by atoms with E-state index < -0.39 is 15.7 Å². The van der Waals surface area contributed by atoms with Crippen LogP contribution >= 0.6 is 0 Å². The summed E-state index contributed by atoms with van der Waals surface area (Å²) in [7, 11) is -3.07. The van der Waals surface area contributed by atoms with Crippen LogP contribution in [0, 0.1) is 5.82 Å². The van der Waals surface area contributed by atoms with Gasteiger partial charge in [-0.25, -0.2) is 12.8 Å². The molecule has 0 aliphatic carbocycles. The van der Waals surface area contributed by atoms with Crippen molar-refractivity contribution in [3.05, 3.63) is 29.6 Å². The zero-order valence-electron chi connectivity index (χ0n) is 11.2. The lowest BCUT2D eigenvalue weighted by molar-refractivity contribution is 0.338. The molecule has 1 atom stereocenters. The molecule has 0 amide bonds. The number of rotatable bonds is 7. The second-order valence-corrected chi connectivity index (χ2v) is 6.78. The van der Waals surface area contributed by atoms with Gasteiger partial charge in [0.2, 0.25) is 0 Å². The van der Waals surface area contributed by atoms with Crippen LogP contribution in [0.5, 0.6) is 5.75 Å². The molecule has 1 aromatic rings. The van der Waals surface area contributed by atoms with E-state index >= 15 is 0 Å². The summed E-state index contributed by atoms with van der Waals surface area (Å²) in [5, 5.41) is 0. The van der Waals surface area contributed by atoms with E-state index in [1.165, 1.54) is 6.07 Å². The first-order chi connectivity index (χ1) is 8.85. The van der Waals surface area contributed by atoms with Gasteiger partial charge in [0.05, 0.1) is 11.5 Å². The van der Waals surface area contributed by atoms with Crippen molar-refractivity contribution in [2.75, 3.05) is 18.1 Å². The highest BCUT2D eigenvalue weighted by atomic mass is 32.2. The number of sulfone groups is 1. The van der Waals surface area contributed by atoms with Crippen LogP contribution in [0.3, 0.4) is 0 Å². The molecule has 4 nitrogen and oxygen atoms in total. The van der Waals surface area contributed by atoms with Gasteiger partial charge in [-0.15, -0.1) is 0 Å². The maximum absolute atomic E-state index is 13.6. The van der Waals surface area contributed by atoms with Gasteiger partial charge >= 0.3 is 0 Å². The number of hydrogen-bond donors (Lipinski definition) is 1. The van der Waals surface area contributed by atoms with Gasteiger partial charge in [0.15, 0.2) is 9.84 Å². The van der Waals surface area contributed by atoms with Crippen LogP contribution in [0.1, 0.15) is 31.9 Å². The van der Waals surface area contributed by atoms with Gasteiger partial charge in [-0.1, -0.05) is 13.0 Å². The van der Waals surface area contributed by atoms with Gasteiger partial charge < -0.3 is 10.5 Å². The average Bonchev–Trinajstić information content (AvgIpc) is 2.28. The van der Waals surface area contributed by atoms with Crippen molar-refractivity contribution in [3.8, 4) is 5.75 Å². The molecule has 19 heavy (non-hydrogen) atoms. The Morgan fingerprint density at radius 2 is 2.05 bits per heavy atom. The Morgan fingerprint density at radius 3 is 2.58 bits per heavy atom. The minimum Gasteiger partial charge on any atom is -0.492 e. The Hall–Kier alpha value is -1.14. The van der Waals surface area contributed by atoms with Gasteiger partial charge in [0.1, 0.15) is 18.2 Å². The van der Waals surface area contributed by atoms with E-state index in [0.29, 0.717) is 17.7 Å². The first kappa shape index (κ1) is 15.9. The summed E-state index contributed by atoms with van der Waals surface area (Å²) in [6.45, 7) is 3.52. The van der Waals surface area contributed by atoms with Crippen molar-refractivity contribution in [2.24, 2.45) is 5.73 Å². The number of hydrogen-bond acceptors (Lipinski definition) is 4. The highest BCUT2D eigenvalue weighted by molar-refractivity contribution is 7.91. The third kappa shape index (κ3) is 5.16. The average molecular weight is 289 g/mol. The largest absolute Gasteiger partial charge is 0.492 e. The zero-order chi connectivity index (χ0) is 14.5. The molecule has 0 aromatic heterocycles. The summed E-state index contributed by atoms with van der Waals surface area (Å²) in [6.07, 6.45) is 0.583. The summed E-state index contributed by atoms with van der Waals surface area (Å²) in [4.78, 5) is 0. The standard InChI is InChI=1S/C13H20FNO3S/c1-3-7-19(16,17)8-6-18-11-4-5-12(10(2)15)13(14)9-11/h4-5,9-10H,3,6-8,15H2,1-2H3/t10-/m0/s1. The first-order valence-corrected chi connectivity index (χ1v) is 8.06. The lowest BCUT2D eigenvalue weighted by atomic mass is 10.1. The second kappa shape index (κ2) is 6.86. The Balaban J connectivity index is 2.58. The van der Waals surface area contributed by atoms with Crippen molar-refractivity contribution >= 4 is 9.84 Å². The molecule has 0 saturated heterocycles. The third-order valence-corrected chi connectivity index (χ3v) is 4.46. The fourth-order valence-electron chi connectivity index (χ4n) is 1.67. The Kier molecular flexibility index (Phi) is 5.75. The fraction of sp³-hybridized carbons (Fsp3) is 0.538. The summed E-state index contributed by atoms with van der Waals surface area (Å²) in [5.41, 5.74) is 6.00. The van der Waals surface area contributed by atoms with Gasteiger partial charge in [-0.3, -0.25) is 0 Å². The van der Waals surface area contributed by atoms with Crippen LogP contribution < -0.4 is 10.5 Å². The van der Waals surface area contributed by atoms with Crippen LogP contribution in [0.25, 0.3) is 0 Å².